The molecule has 0 saturated heterocycles. The Balaban J connectivity index is 1.27. The molecule has 0 fully saturated rings. The lowest BCUT2D eigenvalue weighted by Crippen LogP contribution is -2.22. The Bertz CT molecular complexity index is 806. The van der Waals surface area contributed by atoms with Crippen molar-refractivity contribution < 1.29 is 18.7 Å². The molecular weight excluding hydrogens is 347 g/mol. The minimum Gasteiger partial charge on any atom is -0.492 e. The highest BCUT2D eigenvalue weighted by Gasteiger charge is 2.21. The summed E-state index contributed by atoms with van der Waals surface area (Å²) in [5, 5.41) is 6.09. The number of ether oxygens (including phenoxy) is 1. The topological polar surface area (TPSA) is 67.4 Å². The van der Waals surface area contributed by atoms with Crippen LogP contribution in [-0.4, -0.2) is 31.4 Å². The predicted octanol–water partition coefficient (Wildman–Crippen LogP) is 3.34. The van der Waals surface area contributed by atoms with E-state index in [1.54, 1.807) is 0 Å². The van der Waals surface area contributed by atoms with E-state index in [4.69, 9.17) is 4.74 Å². The zero-order chi connectivity index (χ0) is 19.1. The van der Waals surface area contributed by atoms with Crippen LogP contribution in [0.15, 0.2) is 42.5 Å². The molecule has 6 heteroatoms. The molecule has 3 rings (SSSR count). The molecule has 0 unspecified atom stereocenters. The highest BCUT2D eigenvalue weighted by molar-refractivity contribution is 6.00. The summed E-state index contributed by atoms with van der Waals surface area (Å²) in [4.78, 5) is 23.4. The Labute approximate surface area is 157 Å². The molecule has 0 aromatic heterocycles. The van der Waals surface area contributed by atoms with Gasteiger partial charge in [0, 0.05) is 29.8 Å². The molecule has 0 aliphatic carbocycles. The van der Waals surface area contributed by atoms with Crippen molar-refractivity contribution in [2.45, 2.75) is 25.7 Å². The van der Waals surface area contributed by atoms with Crippen LogP contribution in [0.5, 0.6) is 5.75 Å². The zero-order valence-corrected chi connectivity index (χ0v) is 15.1. The average Bonchev–Trinajstić information content (AvgIpc) is 3.05. The van der Waals surface area contributed by atoms with Crippen molar-refractivity contribution in [2.24, 2.45) is 0 Å². The molecule has 5 nitrogen and oxygen atoms in total. The molecule has 27 heavy (non-hydrogen) atoms. The minimum atomic E-state index is -0.332. The highest BCUT2D eigenvalue weighted by atomic mass is 19.1. The van der Waals surface area contributed by atoms with E-state index in [1.165, 1.54) is 24.3 Å². The number of carbonyl (C=O) groups is 2. The van der Waals surface area contributed by atoms with Gasteiger partial charge in [-0.1, -0.05) is 6.07 Å². The first-order chi connectivity index (χ1) is 13.1. The number of amides is 1. The SMILES string of the molecule is O=C1Cc2c(cccc2OCCNCCCCC(=O)c2ccc(F)cc2)N1. The number of Topliss-reactive ketones (excluding diaryl/α,β-unsaturated/α-hetero) is 1. The van der Waals surface area contributed by atoms with Gasteiger partial charge in [-0.3, -0.25) is 9.59 Å². The van der Waals surface area contributed by atoms with Gasteiger partial charge >= 0.3 is 0 Å². The van der Waals surface area contributed by atoms with Crippen molar-refractivity contribution in [3.63, 3.8) is 0 Å². The lowest BCUT2D eigenvalue weighted by molar-refractivity contribution is -0.115. The van der Waals surface area contributed by atoms with Crippen LogP contribution in [-0.2, 0) is 11.2 Å². The number of benzene rings is 2. The van der Waals surface area contributed by atoms with Gasteiger partial charge in [0.25, 0.3) is 0 Å². The molecule has 1 amide bonds. The number of ketones is 1. The smallest absolute Gasteiger partial charge is 0.229 e. The number of rotatable bonds is 10. The molecular formula is C21H23FN2O3. The number of unbranched alkanes of at least 4 members (excludes halogenated alkanes) is 1. The average molecular weight is 370 g/mol. The molecule has 0 radical (unpaired) electrons. The zero-order valence-electron chi connectivity index (χ0n) is 15.1. The highest BCUT2D eigenvalue weighted by Crippen LogP contribution is 2.31. The normalized spacial score (nSPS) is 12.6. The Kier molecular flexibility index (Phi) is 6.54. The fraction of sp³-hybridized carbons (Fsp3) is 0.333. The second kappa shape index (κ2) is 9.28. The molecule has 0 spiro atoms. The molecule has 1 heterocycles. The van der Waals surface area contributed by atoms with Crippen LogP contribution < -0.4 is 15.4 Å². The van der Waals surface area contributed by atoms with Crippen molar-refractivity contribution in [1.29, 1.82) is 0 Å². The van der Waals surface area contributed by atoms with E-state index in [9.17, 15) is 14.0 Å². The number of anilines is 1. The number of hydrogen-bond donors (Lipinski definition) is 2. The van der Waals surface area contributed by atoms with Gasteiger partial charge < -0.3 is 15.4 Å². The lowest BCUT2D eigenvalue weighted by Gasteiger charge is -2.10. The Morgan fingerprint density at radius 1 is 1.11 bits per heavy atom. The van der Waals surface area contributed by atoms with E-state index in [-0.39, 0.29) is 17.5 Å². The van der Waals surface area contributed by atoms with Crippen molar-refractivity contribution in [2.75, 3.05) is 25.0 Å². The quantitative estimate of drug-likeness (QED) is 0.497. The van der Waals surface area contributed by atoms with Crippen molar-refractivity contribution in [3.05, 3.63) is 59.4 Å². The van der Waals surface area contributed by atoms with Gasteiger partial charge in [-0.05, 0) is 55.8 Å². The minimum absolute atomic E-state index is 0.00522. The van der Waals surface area contributed by atoms with Crippen LogP contribution in [0.2, 0.25) is 0 Å². The Morgan fingerprint density at radius 2 is 1.93 bits per heavy atom. The first kappa shape index (κ1) is 19.0. The van der Waals surface area contributed by atoms with Crippen molar-refractivity contribution >= 4 is 17.4 Å². The van der Waals surface area contributed by atoms with Crippen LogP contribution in [0.1, 0.15) is 35.2 Å². The van der Waals surface area contributed by atoms with Gasteiger partial charge in [0.2, 0.25) is 5.91 Å². The molecule has 2 aromatic rings. The first-order valence-electron chi connectivity index (χ1n) is 9.17. The van der Waals surface area contributed by atoms with Gasteiger partial charge in [0.05, 0.1) is 6.42 Å². The van der Waals surface area contributed by atoms with Crippen LogP contribution in [0, 0.1) is 5.82 Å². The standard InChI is InChI=1S/C21H23FN2O3/c22-16-9-7-15(8-10-16)19(25)5-1-2-11-23-12-13-27-20-6-3-4-18-17(20)14-21(26)24-18/h3-4,6-10,23H,1-2,5,11-14H2,(H,24,26). The first-order valence-corrected chi connectivity index (χ1v) is 9.17. The predicted molar refractivity (Wildman–Crippen MR) is 102 cm³/mol. The van der Waals surface area contributed by atoms with Gasteiger partial charge in [-0.2, -0.15) is 0 Å². The third-order valence-electron chi connectivity index (χ3n) is 4.45. The molecule has 0 atom stereocenters. The molecule has 0 saturated carbocycles. The van der Waals surface area contributed by atoms with Crippen LogP contribution in [0.4, 0.5) is 10.1 Å². The lowest BCUT2D eigenvalue weighted by atomic mass is 10.1. The van der Waals surface area contributed by atoms with Crippen molar-refractivity contribution in [1.82, 2.24) is 5.32 Å². The summed E-state index contributed by atoms with van der Waals surface area (Å²) in [5.74, 6) is 0.451. The van der Waals surface area contributed by atoms with E-state index in [2.05, 4.69) is 10.6 Å². The number of hydrogen-bond acceptors (Lipinski definition) is 4. The molecule has 1 aliphatic heterocycles. The van der Waals surface area contributed by atoms with E-state index in [1.807, 2.05) is 18.2 Å². The fourth-order valence-corrected chi connectivity index (χ4v) is 3.03. The van der Waals surface area contributed by atoms with Gasteiger partial charge in [-0.25, -0.2) is 4.39 Å². The second-order valence-electron chi connectivity index (χ2n) is 6.49. The summed E-state index contributed by atoms with van der Waals surface area (Å²) in [6.07, 6.45) is 2.48. The van der Waals surface area contributed by atoms with Crippen LogP contribution in [0.25, 0.3) is 0 Å². The van der Waals surface area contributed by atoms with Crippen LogP contribution >= 0.6 is 0 Å². The van der Waals surface area contributed by atoms with Gasteiger partial charge in [0.1, 0.15) is 18.2 Å². The van der Waals surface area contributed by atoms with Crippen LogP contribution in [0.3, 0.4) is 0 Å². The second-order valence-corrected chi connectivity index (χ2v) is 6.49. The molecule has 2 N–H and O–H groups in total. The van der Waals surface area contributed by atoms with E-state index in [0.29, 0.717) is 31.6 Å². The summed E-state index contributed by atoms with van der Waals surface area (Å²) >= 11 is 0. The summed E-state index contributed by atoms with van der Waals surface area (Å²) in [7, 11) is 0. The maximum atomic E-state index is 12.8. The fourth-order valence-electron chi connectivity index (χ4n) is 3.03. The summed E-state index contributed by atoms with van der Waals surface area (Å²) < 4.78 is 18.6. The number of fused-ring (bicyclic) bond motifs is 1. The summed E-state index contributed by atoms with van der Waals surface area (Å²) in [5.41, 5.74) is 2.30. The Morgan fingerprint density at radius 3 is 2.74 bits per heavy atom. The van der Waals surface area contributed by atoms with Crippen molar-refractivity contribution in [3.8, 4) is 5.75 Å². The van der Waals surface area contributed by atoms with E-state index in [0.717, 1.165) is 36.4 Å². The summed E-state index contributed by atoms with van der Waals surface area (Å²) in [6.45, 7) is 2.00. The molecule has 2 aromatic carbocycles. The van der Waals surface area contributed by atoms with Gasteiger partial charge in [0.15, 0.2) is 5.78 Å². The van der Waals surface area contributed by atoms with Gasteiger partial charge in [-0.15, -0.1) is 0 Å². The number of carbonyl (C=O) groups excluding carboxylic acids is 2. The monoisotopic (exact) mass is 370 g/mol. The molecule has 142 valence electrons. The van der Waals surface area contributed by atoms with E-state index >= 15 is 0 Å². The summed E-state index contributed by atoms with van der Waals surface area (Å²) in [6, 6.07) is 11.3. The molecule has 1 aliphatic rings. The largest absolute Gasteiger partial charge is 0.492 e. The number of nitrogens with one attached hydrogen (secondary N) is 2. The third-order valence-corrected chi connectivity index (χ3v) is 4.45. The Hall–Kier alpha value is -2.73. The maximum absolute atomic E-state index is 12.8. The number of halogens is 1. The maximum Gasteiger partial charge on any atom is 0.229 e. The molecule has 0 bridgehead atoms. The third kappa shape index (κ3) is 5.37. The van der Waals surface area contributed by atoms with E-state index < -0.39 is 0 Å².